The Morgan fingerprint density at radius 3 is 2.31 bits per heavy atom. The second kappa shape index (κ2) is 3.56. The summed E-state index contributed by atoms with van der Waals surface area (Å²) in [5, 5.41) is 9.66. The first-order chi connectivity index (χ1) is 6.20. The molecule has 2 rings (SSSR count). The Labute approximate surface area is 79.9 Å². The van der Waals surface area contributed by atoms with E-state index in [1.54, 1.807) is 0 Å². The third kappa shape index (κ3) is 1.73. The molecule has 0 spiro atoms. The Bertz CT molecular complexity index is 156. The van der Waals surface area contributed by atoms with Crippen molar-refractivity contribution in [1.29, 1.82) is 0 Å². The maximum atomic E-state index is 9.66. The minimum absolute atomic E-state index is 0.0634. The summed E-state index contributed by atoms with van der Waals surface area (Å²) in [6.45, 7) is 3.04. The van der Waals surface area contributed by atoms with E-state index in [1.165, 1.54) is 0 Å². The lowest BCUT2D eigenvalue weighted by Crippen LogP contribution is -2.52. The van der Waals surface area contributed by atoms with Gasteiger partial charge in [0.2, 0.25) is 0 Å². The highest BCUT2D eigenvalue weighted by Gasteiger charge is 2.40. The molecule has 1 heterocycles. The van der Waals surface area contributed by atoms with Crippen LogP contribution in [-0.4, -0.2) is 42.8 Å². The summed E-state index contributed by atoms with van der Waals surface area (Å²) < 4.78 is 0. The summed E-state index contributed by atoms with van der Waals surface area (Å²) in [5.41, 5.74) is 5.78. The largest absolute Gasteiger partial charge is 0.393 e. The predicted octanol–water partition coefficient (Wildman–Crippen LogP) is -0.106. The molecule has 0 amide bonds. The lowest BCUT2D eigenvalue weighted by Gasteiger charge is -2.47. The minimum Gasteiger partial charge on any atom is -0.393 e. The van der Waals surface area contributed by atoms with E-state index in [9.17, 15) is 5.11 Å². The summed E-state index contributed by atoms with van der Waals surface area (Å²) >= 11 is 0. The molecule has 13 heavy (non-hydrogen) atoms. The summed E-state index contributed by atoms with van der Waals surface area (Å²) in [5.74, 6) is 1.94. The zero-order valence-corrected chi connectivity index (χ0v) is 8.32. The maximum Gasteiger partial charge on any atom is 0.0546 e. The smallest absolute Gasteiger partial charge is 0.0546 e. The first-order valence-electron chi connectivity index (χ1n) is 5.27. The van der Waals surface area contributed by atoms with Crippen LogP contribution in [-0.2, 0) is 0 Å². The van der Waals surface area contributed by atoms with Gasteiger partial charge in [0.05, 0.1) is 6.10 Å². The van der Waals surface area contributed by atoms with Gasteiger partial charge in [-0.15, -0.1) is 0 Å². The molecule has 0 aromatic carbocycles. The first kappa shape index (κ1) is 9.44. The number of hydrogen-bond acceptors (Lipinski definition) is 3. The highest BCUT2D eigenvalue weighted by atomic mass is 16.3. The topological polar surface area (TPSA) is 49.5 Å². The van der Waals surface area contributed by atoms with Gasteiger partial charge in [-0.3, -0.25) is 0 Å². The number of aliphatic hydroxyl groups is 1. The van der Waals surface area contributed by atoms with Crippen LogP contribution < -0.4 is 5.73 Å². The number of aliphatic hydroxyl groups excluding tert-OH is 1. The number of nitrogens with two attached hydrogens (primary N) is 1. The van der Waals surface area contributed by atoms with Crippen molar-refractivity contribution in [2.75, 3.05) is 26.7 Å². The van der Waals surface area contributed by atoms with E-state index in [4.69, 9.17) is 5.73 Å². The number of rotatable bonds is 1. The van der Waals surface area contributed by atoms with E-state index < -0.39 is 0 Å². The quantitative estimate of drug-likeness (QED) is 0.598. The monoisotopic (exact) mass is 184 g/mol. The molecule has 0 aromatic heterocycles. The number of likely N-dealkylation sites (tertiary alicyclic amines) is 1. The molecule has 3 heteroatoms. The van der Waals surface area contributed by atoms with Gasteiger partial charge >= 0.3 is 0 Å². The number of fused-ring (bicyclic) bond motifs is 2. The highest BCUT2D eigenvalue weighted by molar-refractivity contribution is 4.92. The molecule has 1 saturated heterocycles. The van der Waals surface area contributed by atoms with Crippen LogP contribution in [0.5, 0.6) is 0 Å². The van der Waals surface area contributed by atoms with Gasteiger partial charge in [-0.1, -0.05) is 0 Å². The SMILES string of the molecule is CN1CC2CC(O)CC(C1)C2CN. The molecule has 2 aliphatic rings. The molecule has 2 fully saturated rings. The number of piperidine rings is 1. The van der Waals surface area contributed by atoms with Gasteiger partial charge in [-0.05, 0) is 44.2 Å². The van der Waals surface area contributed by atoms with Gasteiger partial charge in [0.15, 0.2) is 0 Å². The number of hydrogen-bond donors (Lipinski definition) is 2. The third-order valence-electron chi connectivity index (χ3n) is 3.73. The van der Waals surface area contributed by atoms with Gasteiger partial charge in [0, 0.05) is 13.1 Å². The van der Waals surface area contributed by atoms with Crippen LogP contribution >= 0.6 is 0 Å². The average Bonchev–Trinajstić information content (AvgIpc) is 2.01. The van der Waals surface area contributed by atoms with E-state index in [0.717, 1.165) is 32.5 Å². The molecular weight excluding hydrogens is 164 g/mol. The molecule has 2 bridgehead atoms. The molecule has 2 atom stereocenters. The van der Waals surface area contributed by atoms with Crippen molar-refractivity contribution in [3.8, 4) is 0 Å². The zero-order chi connectivity index (χ0) is 9.42. The molecule has 3 N–H and O–H groups in total. The van der Waals surface area contributed by atoms with Crippen molar-refractivity contribution in [2.45, 2.75) is 18.9 Å². The van der Waals surface area contributed by atoms with Gasteiger partial charge in [0.25, 0.3) is 0 Å². The second-order valence-electron chi connectivity index (χ2n) is 4.77. The van der Waals surface area contributed by atoms with Crippen molar-refractivity contribution in [2.24, 2.45) is 23.5 Å². The standard InChI is InChI=1S/C10H20N2O/c1-12-5-7-2-9(13)3-8(6-12)10(7)4-11/h7-10,13H,2-6,11H2,1H3. The van der Waals surface area contributed by atoms with Crippen LogP contribution in [0.15, 0.2) is 0 Å². The molecule has 76 valence electrons. The van der Waals surface area contributed by atoms with E-state index >= 15 is 0 Å². The summed E-state index contributed by atoms with van der Waals surface area (Å²) in [4.78, 5) is 2.38. The van der Waals surface area contributed by atoms with Crippen LogP contribution in [0, 0.1) is 17.8 Å². The molecular formula is C10H20N2O. The fourth-order valence-electron chi connectivity index (χ4n) is 3.21. The lowest BCUT2D eigenvalue weighted by molar-refractivity contribution is -0.0260. The van der Waals surface area contributed by atoms with E-state index in [2.05, 4.69) is 11.9 Å². The van der Waals surface area contributed by atoms with Gasteiger partial charge in [0.1, 0.15) is 0 Å². The van der Waals surface area contributed by atoms with E-state index in [1.807, 2.05) is 0 Å². The van der Waals surface area contributed by atoms with Gasteiger partial charge < -0.3 is 15.7 Å². The first-order valence-corrected chi connectivity index (χ1v) is 5.27. The van der Waals surface area contributed by atoms with Crippen LogP contribution in [0.4, 0.5) is 0 Å². The average molecular weight is 184 g/mol. The van der Waals surface area contributed by atoms with Gasteiger partial charge in [-0.2, -0.15) is 0 Å². The van der Waals surface area contributed by atoms with Crippen LogP contribution in [0.2, 0.25) is 0 Å². The lowest BCUT2D eigenvalue weighted by atomic mass is 9.68. The van der Waals surface area contributed by atoms with E-state index in [-0.39, 0.29) is 6.10 Å². The van der Waals surface area contributed by atoms with Crippen LogP contribution in [0.3, 0.4) is 0 Å². The molecule has 1 saturated carbocycles. The fraction of sp³-hybridized carbons (Fsp3) is 1.00. The zero-order valence-electron chi connectivity index (χ0n) is 8.32. The Hall–Kier alpha value is -0.120. The fourth-order valence-corrected chi connectivity index (χ4v) is 3.21. The molecule has 0 aromatic rings. The van der Waals surface area contributed by atoms with Crippen molar-refractivity contribution in [3.63, 3.8) is 0 Å². The Balaban J connectivity index is 2.09. The van der Waals surface area contributed by atoms with Crippen LogP contribution in [0.1, 0.15) is 12.8 Å². The Morgan fingerprint density at radius 1 is 1.31 bits per heavy atom. The molecule has 3 nitrogen and oxygen atoms in total. The Kier molecular flexibility index (Phi) is 2.58. The normalized spacial score (nSPS) is 46.4. The van der Waals surface area contributed by atoms with Crippen molar-refractivity contribution >= 4 is 0 Å². The predicted molar refractivity (Wildman–Crippen MR) is 52.3 cm³/mol. The summed E-state index contributed by atoms with van der Waals surface area (Å²) in [7, 11) is 2.17. The summed E-state index contributed by atoms with van der Waals surface area (Å²) in [6, 6.07) is 0. The maximum absolute atomic E-state index is 9.66. The van der Waals surface area contributed by atoms with E-state index in [0.29, 0.717) is 17.8 Å². The summed E-state index contributed by atoms with van der Waals surface area (Å²) in [6.07, 6.45) is 1.86. The van der Waals surface area contributed by atoms with Crippen molar-refractivity contribution in [3.05, 3.63) is 0 Å². The molecule has 0 radical (unpaired) electrons. The van der Waals surface area contributed by atoms with Crippen molar-refractivity contribution in [1.82, 2.24) is 4.90 Å². The molecule has 1 aliphatic carbocycles. The van der Waals surface area contributed by atoms with Gasteiger partial charge in [-0.25, -0.2) is 0 Å². The third-order valence-corrected chi connectivity index (χ3v) is 3.73. The minimum atomic E-state index is -0.0634. The molecule has 2 unspecified atom stereocenters. The number of nitrogens with zero attached hydrogens (tertiary/aromatic N) is 1. The highest BCUT2D eigenvalue weighted by Crippen LogP contribution is 2.38. The second-order valence-corrected chi connectivity index (χ2v) is 4.77. The van der Waals surface area contributed by atoms with Crippen LogP contribution in [0.25, 0.3) is 0 Å². The Morgan fingerprint density at radius 2 is 1.85 bits per heavy atom. The molecule has 1 aliphatic heterocycles. The van der Waals surface area contributed by atoms with Crippen molar-refractivity contribution < 1.29 is 5.11 Å².